The molecular formula is C6H14I2N2. The van der Waals surface area contributed by atoms with Crippen LogP contribution in [-0.2, 0) is 0 Å². The maximum absolute atomic E-state index is 6.01. The van der Waals surface area contributed by atoms with Gasteiger partial charge in [0.2, 0.25) is 0 Å². The lowest BCUT2D eigenvalue weighted by atomic mass is 9.95. The largest absolute Gasteiger partial charge is 0.323 e. The van der Waals surface area contributed by atoms with E-state index in [2.05, 4.69) is 52.1 Å². The Bertz CT molecular complexity index is 97.7. The van der Waals surface area contributed by atoms with Crippen LogP contribution in [0, 0.1) is 0 Å². The molecule has 0 saturated heterocycles. The molecule has 0 aliphatic rings. The first kappa shape index (κ1) is 11.4. The second-order valence-corrected chi connectivity index (χ2v) is 4.85. The molecule has 0 aromatic heterocycles. The normalized spacial score (nSPS) is 20.1. The highest BCUT2D eigenvalue weighted by Gasteiger charge is 2.27. The summed E-state index contributed by atoms with van der Waals surface area (Å²) < 4.78 is 1.16. The van der Waals surface area contributed by atoms with Crippen LogP contribution in [0.4, 0.5) is 0 Å². The first-order valence-electron chi connectivity index (χ1n) is 3.31. The van der Waals surface area contributed by atoms with Crippen LogP contribution in [0.15, 0.2) is 0 Å². The van der Waals surface area contributed by atoms with Crippen LogP contribution < -0.4 is 11.5 Å². The Morgan fingerprint density at radius 1 is 1.60 bits per heavy atom. The Kier molecular flexibility index (Phi) is 5.81. The molecule has 4 heteroatoms. The van der Waals surface area contributed by atoms with Crippen molar-refractivity contribution in [3.05, 3.63) is 0 Å². The second-order valence-electron chi connectivity index (χ2n) is 2.43. The van der Waals surface area contributed by atoms with Crippen molar-refractivity contribution in [3.63, 3.8) is 0 Å². The number of hydrogen-bond acceptors (Lipinski definition) is 2. The smallest absolute Gasteiger partial charge is 0.0751 e. The fourth-order valence-corrected chi connectivity index (χ4v) is 2.44. The summed E-state index contributed by atoms with van der Waals surface area (Å²) in [5.74, 6) is 0. The molecule has 0 fully saturated rings. The molecule has 10 heavy (non-hydrogen) atoms. The van der Waals surface area contributed by atoms with Gasteiger partial charge in [-0.2, -0.15) is 0 Å². The van der Waals surface area contributed by atoms with Crippen molar-refractivity contribution in [1.29, 1.82) is 0 Å². The topological polar surface area (TPSA) is 52.0 Å². The summed E-state index contributed by atoms with van der Waals surface area (Å²) in [6.45, 7) is 2.09. The number of halogens is 2. The van der Waals surface area contributed by atoms with Gasteiger partial charge in [-0.25, -0.2) is 0 Å². The van der Waals surface area contributed by atoms with Crippen molar-refractivity contribution in [3.8, 4) is 0 Å². The summed E-state index contributed by atoms with van der Waals surface area (Å²) in [7, 11) is 0. The van der Waals surface area contributed by atoms with E-state index in [1.165, 1.54) is 0 Å². The van der Waals surface area contributed by atoms with Crippen molar-refractivity contribution in [2.45, 2.75) is 29.4 Å². The van der Waals surface area contributed by atoms with Crippen LogP contribution >= 0.6 is 45.2 Å². The standard InChI is InChI=1S/C6H14I2N2/c1-2-6(10,3-4-7)5(8)9/h5H,2-4,9-10H2,1H3. The lowest BCUT2D eigenvalue weighted by molar-refractivity contribution is 0.400. The third kappa shape index (κ3) is 3.19. The van der Waals surface area contributed by atoms with E-state index in [4.69, 9.17) is 11.5 Å². The van der Waals surface area contributed by atoms with Crippen molar-refractivity contribution >= 4 is 45.2 Å². The SMILES string of the molecule is CCC(N)(CCI)C(N)I. The molecule has 0 aromatic carbocycles. The summed E-state index contributed by atoms with van der Waals surface area (Å²) in [5, 5.41) is 0. The summed E-state index contributed by atoms with van der Waals surface area (Å²) in [6, 6.07) is 0. The van der Waals surface area contributed by atoms with Crippen LogP contribution in [0.5, 0.6) is 0 Å². The maximum Gasteiger partial charge on any atom is 0.0751 e. The van der Waals surface area contributed by atoms with Crippen LogP contribution in [0.1, 0.15) is 19.8 Å². The van der Waals surface area contributed by atoms with Gasteiger partial charge in [-0.3, -0.25) is 0 Å². The molecule has 0 spiro atoms. The van der Waals surface area contributed by atoms with E-state index in [1.807, 2.05) is 0 Å². The highest BCUT2D eigenvalue weighted by molar-refractivity contribution is 14.1. The molecule has 2 nitrogen and oxygen atoms in total. The molecule has 0 aromatic rings. The van der Waals surface area contributed by atoms with Crippen molar-refractivity contribution in [2.75, 3.05) is 4.43 Å². The van der Waals surface area contributed by atoms with Crippen molar-refractivity contribution in [1.82, 2.24) is 0 Å². The quantitative estimate of drug-likeness (QED) is 0.451. The Morgan fingerprint density at radius 3 is 2.20 bits per heavy atom. The zero-order valence-electron chi connectivity index (χ0n) is 6.11. The zero-order valence-corrected chi connectivity index (χ0v) is 10.4. The number of nitrogens with two attached hydrogens (primary N) is 2. The lowest BCUT2D eigenvalue weighted by Crippen LogP contribution is -2.51. The monoisotopic (exact) mass is 368 g/mol. The molecule has 0 amide bonds. The highest BCUT2D eigenvalue weighted by atomic mass is 127. The second kappa shape index (κ2) is 5.10. The van der Waals surface area contributed by atoms with Gasteiger partial charge < -0.3 is 11.5 Å². The summed E-state index contributed by atoms with van der Waals surface area (Å²) in [4.78, 5) is 0. The molecule has 0 heterocycles. The average Bonchev–Trinajstić information content (AvgIpc) is 1.88. The molecule has 4 N–H and O–H groups in total. The fraction of sp³-hybridized carbons (Fsp3) is 1.00. The van der Waals surface area contributed by atoms with Gasteiger partial charge in [-0.05, 0) is 12.8 Å². The summed E-state index contributed by atoms with van der Waals surface area (Å²) in [6.07, 6.45) is 1.97. The zero-order chi connectivity index (χ0) is 8.20. The minimum Gasteiger partial charge on any atom is -0.323 e. The highest BCUT2D eigenvalue weighted by Crippen LogP contribution is 2.20. The van der Waals surface area contributed by atoms with E-state index < -0.39 is 0 Å². The molecule has 0 aliphatic heterocycles. The predicted molar refractivity (Wildman–Crippen MR) is 62.7 cm³/mol. The van der Waals surface area contributed by atoms with Crippen molar-refractivity contribution < 1.29 is 0 Å². The van der Waals surface area contributed by atoms with E-state index in [0.717, 1.165) is 17.3 Å². The van der Waals surface area contributed by atoms with E-state index in [1.54, 1.807) is 0 Å². The molecule has 2 unspecified atom stereocenters. The lowest BCUT2D eigenvalue weighted by Gasteiger charge is -2.30. The average molecular weight is 368 g/mol. The summed E-state index contributed by atoms with van der Waals surface area (Å²) >= 11 is 4.52. The molecule has 2 atom stereocenters. The van der Waals surface area contributed by atoms with E-state index in [0.29, 0.717) is 0 Å². The van der Waals surface area contributed by atoms with E-state index >= 15 is 0 Å². The van der Waals surface area contributed by atoms with Gasteiger partial charge in [-0.1, -0.05) is 52.1 Å². The molecule has 0 bridgehead atoms. The van der Waals surface area contributed by atoms with Crippen molar-refractivity contribution in [2.24, 2.45) is 11.5 Å². The van der Waals surface area contributed by atoms with E-state index in [9.17, 15) is 0 Å². The molecule has 0 saturated carbocycles. The minimum absolute atomic E-state index is 0.0739. The number of hydrogen-bond donors (Lipinski definition) is 2. The molecular weight excluding hydrogens is 354 g/mol. The Labute approximate surface area is 89.8 Å². The molecule has 0 aliphatic carbocycles. The Hall–Kier alpha value is 1.38. The van der Waals surface area contributed by atoms with Crippen LogP contribution in [-0.4, -0.2) is 14.0 Å². The van der Waals surface area contributed by atoms with Crippen LogP contribution in [0.3, 0.4) is 0 Å². The first-order valence-corrected chi connectivity index (χ1v) is 6.08. The fourth-order valence-electron chi connectivity index (χ4n) is 0.686. The Balaban J connectivity index is 3.94. The van der Waals surface area contributed by atoms with E-state index in [-0.39, 0.29) is 9.59 Å². The van der Waals surface area contributed by atoms with Gasteiger partial charge in [0.25, 0.3) is 0 Å². The maximum atomic E-state index is 6.01. The molecule has 0 radical (unpaired) electrons. The third-order valence-corrected chi connectivity index (χ3v) is 3.55. The molecule has 0 rings (SSSR count). The number of alkyl halides is 2. The molecule has 62 valence electrons. The van der Waals surface area contributed by atoms with Gasteiger partial charge in [0.1, 0.15) is 0 Å². The predicted octanol–water partition coefficient (Wildman–Crippen LogP) is 1.64. The van der Waals surface area contributed by atoms with Gasteiger partial charge in [0, 0.05) is 9.97 Å². The van der Waals surface area contributed by atoms with Gasteiger partial charge in [-0.15, -0.1) is 0 Å². The van der Waals surface area contributed by atoms with Gasteiger partial charge in [0.05, 0.1) is 4.05 Å². The van der Waals surface area contributed by atoms with Crippen LogP contribution in [0.2, 0.25) is 0 Å². The van der Waals surface area contributed by atoms with Gasteiger partial charge >= 0.3 is 0 Å². The van der Waals surface area contributed by atoms with Crippen LogP contribution in [0.25, 0.3) is 0 Å². The minimum atomic E-state index is -0.151. The number of rotatable bonds is 4. The first-order chi connectivity index (χ1) is 4.56. The summed E-state index contributed by atoms with van der Waals surface area (Å²) in [5.41, 5.74) is 11.6. The third-order valence-electron chi connectivity index (χ3n) is 1.77. The van der Waals surface area contributed by atoms with Gasteiger partial charge in [0.15, 0.2) is 0 Å². The Morgan fingerprint density at radius 2 is 2.10 bits per heavy atom.